The van der Waals surface area contributed by atoms with Crippen molar-refractivity contribution in [3.8, 4) is 0 Å². The molecule has 6 nitrogen and oxygen atoms in total. The molecule has 1 rings (SSSR count). The molecule has 0 aliphatic heterocycles. The van der Waals surface area contributed by atoms with Crippen molar-refractivity contribution < 1.29 is 15.0 Å². The topological polar surface area (TPSA) is 88.2 Å². The van der Waals surface area contributed by atoms with E-state index in [1.165, 1.54) is 0 Å². The smallest absolute Gasteiger partial charge is 0.313 e. The number of hydrogen-bond acceptors (Lipinski definition) is 6. The molecular weight excluding hydrogens is 274 g/mol. The summed E-state index contributed by atoms with van der Waals surface area (Å²) in [5.74, 6) is 1.42. The Kier molecular flexibility index (Phi) is 6.51. The van der Waals surface area contributed by atoms with E-state index < -0.39 is 5.97 Å². The van der Waals surface area contributed by atoms with Gasteiger partial charge in [0.15, 0.2) is 11.0 Å². The van der Waals surface area contributed by atoms with E-state index in [9.17, 15) is 9.90 Å². The number of hydrogen-bond donors (Lipinski definition) is 2. The standard InChI is InChI=1S/C10H17N3O3S2/c1-3-17-5-7(2)13-8(4-14)11-12-10(13)18-6-9(15)16/h7,14H,3-6H2,1-2H3,(H,15,16). The summed E-state index contributed by atoms with van der Waals surface area (Å²) in [4.78, 5) is 10.6. The van der Waals surface area contributed by atoms with Crippen molar-refractivity contribution in [2.45, 2.75) is 31.7 Å². The van der Waals surface area contributed by atoms with Gasteiger partial charge in [-0.25, -0.2) is 0 Å². The van der Waals surface area contributed by atoms with Gasteiger partial charge in [-0.2, -0.15) is 11.8 Å². The first-order valence-corrected chi connectivity index (χ1v) is 7.71. The Morgan fingerprint density at radius 2 is 2.22 bits per heavy atom. The number of aliphatic hydroxyl groups is 1. The first kappa shape index (κ1) is 15.3. The molecule has 0 spiro atoms. The lowest BCUT2D eigenvalue weighted by Gasteiger charge is -2.16. The number of aliphatic carboxylic acids is 1. The summed E-state index contributed by atoms with van der Waals surface area (Å²) >= 11 is 2.91. The van der Waals surface area contributed by atoms with Crippen molar-refractivity contribution >= 4 is 29.5 Å². The van der Waals surface area contributed by atoms with Crippen LogP contribution in [0.25, 0.3) is 0 Å². The third-order valence-corrected chi connectivity index (χ3v) is 4.26. The second kappa shape index (κ2) is 7.65. The minimum absolute atomic E-state index is 0.0583. The molecule has 1 unspecified atom stereocenters. The molecule has 102 valence electrons. The van der Waals surface area contributed by atoms with Gasteiger partial charge in [-0.3, -0.25) is 4.79 Å². The maximum atomic E-state index is 10.6. The molecule has 1 heterocycles. The minimum Gasteiger partial charge on any atom is -0.481 e. The van der Waals surface area contributed by atoms with Gasteiger partial charge in [-0.15, -0.1) is 10.2 Å². The van der Waals surface area contributed by atoms with Gasteiger partial charge in [-0.1, -0.05) is 18.7 Å². The second-order valence-electron chi connectivity index (χ2n) is 3.62. The summed E-state index contributed by atoms with van der Waals surface area (Å²) in [6.07, 6.45) is 0. The summed E-state index contributed by atoms with van der Waals surface area (Å²) < 4.78 is 1.82. The van der Waals surface area contributed by atoms with Gasteiger partial charge in [0.05, 0.1) is 5.75 Å². The summed E-state index contributed by atoms with van der Waals surface area (Å²) in [5, 5.41) is 26.3. The van der Waals surface area contributed by atoms with Gasteiger partial charge in [0.2, 0.25) is 0 Å². The number of carbonyl (C=O) groups is 1. The Labute approximate surface area is 114 Å². The van der Waals surface area contributed by atoms with E-state index >= 15 is 0 Å². The van der Waals surface area contributed by atoms with Gasteiger partial charge < -0.3 is 14.8 Å². The quantitative estimate of drug-likeness (QED) is 0.697. The molecule has 0 saturated carbocycles. The Bertz CT molecular complexity index is 398. The van der Waals surface area contributed by atoms with Crippen molar-refractivity contribution in [2.24, 2.45) is 0 Å². The highest BCUT2D eigenvalue weighted by Gasteiger charge is 2.17. The molecule has 0 radical (unpaired) electrons. The van der Waals surface area contributed by atoms with Crippen LogP contribution in [0, 0.1) is 0 Å². The zero-order valence-electron chi connectivity index (χ0n) is 10.4. The molecule has 1 aromatic rings. The molecule has 0 aromatic carbocycles. The molecule has 0 aliphatic rings. The maximum Gasteiger partial charge on any atom is 0.313 e. The average molecular weight is 291 g/mol. The Morgan fingerprint density at radius 3 is 2.78 bits per heavy atom. The molecule has 0 fully saturated rings. The van der Waals surface area contributed by atoms with Crippen LogP contribution in [0.15, 0.2) is 5.16 Å². The van der Waals surface area contributed by atoms with E-state index in [0.29, 0.717) is 11.0 Å². The zero-order valence-corrected chi connectivity index (χ0v) is 12.0. The molecule has 8 heteroatoms. The van der Waals surface area contributed by atoms with Crippen molar-refractivity contribution in [1.82, 2.24) is 14.8 Å². The molecule has 1 aromatic heterocycles. The van der Waals surface area contributed by atoms with Crippen molar-refractivity contribution in [3.05, 3.63) is 5.82 Å². The predicted octanol–water partition coefficient (Wildman–Crippen LogP) is 1.26. The van der Waals surface area contributed by atoms with Crippen molar-refractivity contribution in [3.63, 3.8) is 0 Å². The maximum absolute atomic E-state index is 10.6. The van der Waals surface area contributed by atoms with Gasteiger partial charge in [-0.05, 0) is 12.7 Å². The van der Waals surface area contributed by atoms with Crippen LogP contribution in [0.2, 0.25) is 0 Å². The van der Waals surface area contributed by atoms with E-state index in [0.717, 1.165) is 23.3 Å². The van der Waals surface area contributed by atoms with Crippen LogP contribution in [-0.2, 0) is 11.4 Å². The van der Waals surface area contributed by atoms with Gasteiger partial charge in [0, 0.05) is 11.8 Å². The number of carboxylic acids is 1. The molecule has 1 atom stereocenters. The molecule has 0 saturated heterocycles. The van der Waals surface area contributed by atoms with E-state index in [4.69, 9.17) is 5.11 Å². The SMILES string of the molecule is CCSCC(C)n1c(CO)nnc1SCC(=O)O. The fourth-order valence-corrected chi connectivity index (χ4v) is 2.95. The Morgan fingerprint density at radius 1 is 1.50 bits per heavy atom. The number of aromatic nitrogens is 3. The van der Waals surface area contributed by atoms with Crippen LogP contribution in [0.1, 0.15) is 25.7 Å². The highest BCUT2D eigenvalue weighted by molar-refractivity contribution is 7.99. The molecule has 0 amide bonds. The molecule has 2 N–H and O–H groups in total. The second-order valence-corrected chi connectivity index (χ2v) is 5.88. The van der Waals surface area contributed by atoms with Gasteiger partial charge in [0.1, 0.15) is 6.61 Å². The van der Waals surface area contributed by atoms with Crippen LogP contribution in [-0.4, -0.2) is 48.2 Å². The first-order chi connectivity index (χ1) is 8.60. The van der Waals surface area contributed by atoms with E-state index in [-0.39, 0.29) is 18.4 Å². The molecular formula is C10H17N3O3S2. The molecule has 0 bridgehead atoms. The Balaban J connectivity index is 2.83. The normalized spacial score (nSPS) is 12.6. The number of thioether (sulfide) groups is 2. The van der Waals surface area contributed by atoms with Gasteiger partial charge in [0.25, 0.3) is 0 Å². The lowest BCUT2D eigenvalue weighted by atomic mass is 10.4. The zero-order chi connectivity index (χ0) is 13.5. The monoisotopic (exact) mass is 291 g/mol. The number of aliphatic hydroxyl groups excluding tert-OH is 1. The third kappa shape index (κ3) is 4.18. The van der Waals surface area contributed by atoms with E-state index in [1.54, 1.807) is 11.8 Å². The predicted molar refractivity (Wildman–Crippen MR) is 72.0 cm³/mol. The average Bonchev–Trinajstić information content (AvgIpc) is 2.76. The third-order valence-electron chi connectivity index (χ3n) is 2.21. The highest BCUT2D eigenvalue weighted by Crippen LogP contribution is 2.24. The van der Waals surface area contributed by atoms with E-state index in [1.807, 2.05) is 11.5 Å². The highest BCUT2D eigenvalue weighted by atomic mass is 32.2. The van der Waals surface area contributed by atoms with Crippen LogP contribution in [0.4, 0.5) is 0 Å². The Hall–Kier alpha value is -0.730. The van der Waals surface area contributed by atoms with Crippen LogP contribution >= 0.6 is 23.5 Å². The first-order valence-electron chi connectivity index (χ1n) is 5.57. The summed E-state index contributed by atoms with van der Waals surface area (Å²) in [7, 11) is 0. The van der Waals surface area contributed by atoms with Crippen molar-refractivity contribution in [2.75, 3.05) is 17.3 Å². The fourth-order valence-electron chi connectivity index (χ4n) is 1.45. The summed E-state index contributed by atoms with van der Waals surface area (Å²) in [6.45, 7) is 3.90. The van der Waals surface area contributed by atoms with Crippen LogP contribution in [0.3, 0.4) is 0 Å². The summed E-state index contributed by atoms with van der Waals surface area (Å²) in [6, 6.07) is 0.128. The minimum atomic E-state index is -0.893. The van der Waals surface area contributed by atoms with E-state index in [2.05, 4.69) is 17.1 Å². The number of rotatable bonds is 8. The van der Waals surface area contributed by atoms with Crippen LogP contribution < -0.4 is 0 Å². The fraction of sp³-hybridized carbons (Fsp3) is 0.700. The van der Waals surface area contributed by atoms with Gasteiger partial charge >= 0.3 is 5.97 Å². The number of nitrogens with zero attached hydrogens (tertiary/aromatic N) is 3. The largest absolute Gasteiger partial charge is 0.481 e. The van der Waals surface area contributed by atoms with Crippen molar-refractivity contribution in [1.29, 1.82) is 0 Å². The number of carboxylic acid groups (broad SMARTS) is 1. The molecule has 0 aliphatic carbocycles. The lowest BCUT2D eigenvalue weighted by molar-refractivity contribution is -0.133. The molecule has 18 heavy (non-hydrogen) atoms. The summed E-state index contributed by atoms with van der Waals surface area (Å²) in [5.41, 5.74) is 0. The lowest BCUT2D eigenvalue weighted by Crippen LogP contribution is -2.13. The van der Waals surface area contributed by atoms with Crippen LogP contribution in [0.5, 0.6) is 0 Å².